The van der Waals surface area contributed by atoms with E-state index in [0.29, 0.717) is 28.0 Å². The van der Waals surface area contributed by atoms with Gasteiger partial charge in [0.1, 0.15) is 17.1 Å². The van der Waals surface area contributed by atoms with Crippen LogP contribution in [0.5, 0.6) is 5.75 Å². The number of hydrogen-bond acceptors (Lipinski definition) is 7. The maximum atomic E-state index is 12.8. The van der Waals surface area contributed by atoms with Crippen LogP contribution in [0.2, 0.25) is 0 Å². The van der Waals surface area contributed by atoms with E-state index in [9.17, 15) is 4.79 Å². The summed E-state index contributed by atoms with van der Waals surface area (Å²) in [5.74, 6) is 1.10. The normalized spacial score (nSPS) is 11.5. The number of hydrogen-bond donors (Lipinski definition) is 1. The van der Waals surface area contributed by atoms with Gasteiger partial charge in [-0.1, -0.05) is 17.8 Å². The number of aromatic nitrogens is 4. The molecule has 3 aromatic heterocycles. The number of hydrazone groups is 1. The summed E-state index contributed by atoms with van der Waals surface area (Å²) in [5, 5.41) is 5.01. The summed E-state index contributed by atoms with van der Waals surface area (Å²) >= 11 is 1.52. The molecular formula is C23H22N6O2S. The number of imidazole rings is 1. The van der Waals surface area contributed by atoms with Crippen molar-refractivity contribution in [2.45, 2.75) is 24.8 Å². The molecule has 0 unspecified atom stereocenters. The molecule has 0 aliphatic carbocycles. The van der Waals surface area contributed by atoms with E-state index in [2.05, 4.69) is 25.5 Å². The number of pyridine rings is 1. The van der Waals surface area contributed by atoms with E-state index in [-0.39, 0.29) is 5.91 Å². The lowest BCUT2D eigenvalue weighted by Crippen LogP contribution is -2.22. The van der Waals surface area contributed by atoms with E-state index in [1.165, 1.54) is 11.8 Å². The number of ether oxygens (including phenoxy) is 1. The topological polar surface area (TPSA) is 93.8 Å². The molecule has 0 bridgehead atoms. The Morgan fingerprint density at radius 1 is 1.19 bits per heavy atom. The van der Waals surface area contributed by atoms with Crippen molar-refractivity contribution in [1.29, 1.82) is 0 Å². The van der Waals surface area contributed by atoms with Crippen LogP contribution in [-0.2, 0) is 5.75 Å². The highest BCUT2D eigenvalue weighted by Crippen LogP contribution is 2.27. The summed E-state index contributed by atoms with van der Waals surface area (Å²) in [6, 6.07) is 13.2. The van der Waals surface area contributed by atoms with Gasteiger partial charge in [0.15, 0.2) is 5.16 Å². The lowest BCUT2D eigenvalue weighted by Gasteiger charge is -2.10. The van der Waals surface area contributed by atoms with Crippen LogP contribution in [0.25, 0.3) is 5.65 Å². The third kappa shape index (κ3) is 4.62. The number of thioether (sulfide) groups is 1. The minimum atomic E-state index is -0.314. The number of nitrogens with one attached hydrogen (secondary N) is 1. The van der Waals surface area contributed by atoms with Gasteiger partial charge in [0.2, 0.25) is 0 Å². The molecule has 162 valence electrons. The molecule has 4 aromatic rings. The first-order valence-corrected chi connectivity index (χ1v) is 10.9. The molecule has 0 fully saturated rings. The molecule has 0 radical (unpaired) electrons. The minimum absolute atomic E-state index is 0.314. The first kappa shape index (κ1) is 21.5. The Hall–Kier alpha value is -3.72. The quantitative estimate of drug-likeness (QED) is 0.200. The molecule has 4 rings (SSSR count). The second-order valence-electron chi connectivity index (χ2n) is 6.96. The molecule has 1 amide bonds. The van der Waals surface area contributed by atoms with E-state index in [1.54, 1.807) is 30.0 Å². The van der Waals surface area contributed by atoms with Crippen LogP contribution in [0.4, 0.5) is 0 Å². The Labute approximate surface area is 189 Å². The van der Waals surface area contributed by atoms with Gasteiger partial charge in [-0.3, -0.25) is 9.20 Å². The van der Waals surface area contributed by atoms with Gasteiger partial charge in [-0.15, -0.1) is 0 Å². The molecule has 0 aliphatic rings. The molecule has 0 atom stereocenters. The van der Waals surface area contributed by atoms with Gasteiger partial charge in [0.25, 0.3) is 5.91 Å². The van der Waals surface area contributed by atoms with Crippen molar-refractivity contribution in [2.24, 2.45) is 5.10 Å². The highest BCUT2D eigenvalue weighted by molar-refractivity contribution is 7.98. The molecule has 0 spiro atoms. The number of carbonyl (C=O) groups excluding carboxylic acids is 1. The molecule has 8 nitrogen and oxygen atoms in total. The van der Waals surface area contributed by atoms with Crippen LogP contribution in [0, 0.1) is 6.92 Å². The SMILES string of the molecule is COc1ccc(/C(C)=N/NC(=O)c2c(C)nc3ccccn23)cc1CSc1ncccn1. The zero-order valence-corrected chi connectivity index (χ0v) is 18.8. The monoisotopic (exact) mass is 446 g/mol. The van der Waals surface area contributed by atoms with Crippen molar-refractivity contribution in [3.8, 4) is 5.75 Å². The Kier molecular flexibility index (Phi) is 6.46. The first-order chi connectivity index (χ1) is 15.6. The molecule has 0 saturated carbocycles. The standard InChI is InChI=1S/C23H22N6O2S/c1-15(27-28-22(30)21-16(2)26-20-7-4-5-12-29(20)21)17-8-9-19(31-3)18(13-17)14-32-23-24-10-6-11-25-23/h4-13H,14H2,1-3H3,(H,28,30)/b27-15+. The average molecular weight is 447 g/mol. The number of rotatable bonds is 7. The average Bonchev–Trinajstić information content (AvgIpc) is 3.17. The van der Waals surface area contributed by atoms with Gasteiger partial charge < -0.3 is 4.74 Å². The van der Waals surface area contributed by atoms with E-state index >= 15 is 0 Å². The van der Waals surface area contributed by atoms with Crippen LogP contribution in [0.3, 0.4) is 0 Å². The highest BCUT2D eigenvalue weighted by atomic mass is 32.2. The van der Waals surface area contributed by atoms with Crippen molar-refractivity contribution < 1.29 is 9.53 Å². The molecule has 9 heteroatoms. The molecule has 1 aromatic carbocycles. The first-order valence-electron chi connectivity index (χ1n) is 9.92. The molecule has 0 saturated heterocycles. The summed E-state index contributed by atoms with van der Waals surface area (Å²) in [7, 11) is 1.64. The Morgan fingerprint density at radius 2 is 2.00 bits per heavy atom. The van der Waals surface area contributed by atoms with E-state index in [4.69, 9.17) is 4.74 Å². The van der Waals surface area contributed by atoms with Crippen molar-refractivity contribution in [3.05, 3.63) is 83.6 Å². The minimum Gasteiger partial charge on any atom is -0.496 e. The summed E-state index contributed by atoms with van der Waals surface area (Å²) in [6.07, 6.45) is 5.24. The third-order valence-corrected chi connectivity index (χ3v) is 5.77. The van der Waals surface area contributed by atoms with Crippen molar-refractivity contribution >= 4 is 29.0 Å². The van der Waals surface area contributed by atoms with Crippen LogP contribution >= 0.6 is 11.8 Å². The van der Waals surface area contributed by atoms with Gasteiger partial charge >= 0.3 is 0 Å². The summed E-state index contributed by atoms with van der Waals surface area (Å²) in [6.45, 7) is 3.66. The number of benzene rings is 1. The van der Waals surface area contributed by atoms with E-state index in [0.717, 1.165) is 22.5 Å². The lowest BCUT2D eigenvalue weighted by atomic mass is 10.1. The number of amides is 1. The Bertz CT molecular complexity index is 1290. The zero-order chi connectivity index (χ0) is 22.5. The van der Waals surface area contributed by atoms with Crippen molar-refractivity contribution in [2.75, 3.05) is 7.11 Å². The number of carbonyl (C=O) groups is 1. The predicted molar refractivity (Wildman–Crippen MR) is 124 cm³/mol. The Balaban J connectivity index is 1.52. The van der Waals surface area contributed by atoms with Crippen molar-refractivity contribution in [3.63, 3.8) is 0 Å². The van der Waals surface area contributed by atoms with Crippen LogP contribution in [-0.4, -0.2) is 38.1 Å². The highest BCUT2D eigenvalue weighted by Gasteiger charge is 2.16. The number of aryl methyl sites for hydroxylation is 1. The third-order valence-electron chi connectivity index (χ3n) is 4.84. The summed E-state index contributed by atoms with van der Waals surface area (Å²) in [4.78, 5) is 25.7. The van der Waals surface area contributed by atoms with Gasteiger partial charge in [0, 0.05) is 29.9 Å². The smallest absolute Gasteiger partial charge is 0.290 e. The number of fused-ring (bicyclic) bond motifs is 1. The summed E-state index contributed by atoms with van der Waals surface area (Å²) < 4.78 is 7.25. The van der Waals surface area contributed by atoms with Gasteiger partial charge in [0.05, 0.1) is 18.5 Å². The number of methoxy groups -OCH3 is 1. The molecule has 32 heavy (non-hydrogen) atoms. The maximum absolute atomic E-state index is 12.8. The number of nitrogens with zero attached hydrogens (tertiary/aromatic N) is 5. The van der Waals surface area contributed by atoms with Crippen LogP contribution in [0.15, 0.2) is 71.3 Å². The van der Waals surface area contributed by atoms with Gasteiger partial charge in [-0.05, 0) is 55.8 Å². The maximum Gasteiger partial charge on any atom is 0.290 e. The zero-order valence-electron chi connectivity index (χ0n) is 17.9. The predicted octanol–water partition coefficient (Wildman–Crippen LogP) is 3.89. The largest absolute Gasteiger partial charge is 0.496 e. The van der Waals surface area contributed by atoms with Crippen molar-refractivity contribution in [1.82, 2.24) is 24.8 Å². The molecule has 0 aliphatic heterocycles. The fourth-order valence-corrected chi connectivity index (χ4v) is 4.04. The van der Waals surface area contributed by atoms with E-state index in [1.807, 2.05) is 56.4 Å². The van der Waals surface area contributed by atoms with Gasteiger partial charge in [-0.25, -0.2) is 20.4 Å². The van der Waals surface area contributed by atoms with E-state index < -0.39 is 0 Å². The second kappa shape index (κ2) is 9.61. The molecule has 1 N–H and O–H groups in total. The van der Waals surface area contributed by atoms with Crippen LogP contribution < -0.4 is 10.2 Å². The molecule has 3 heterocycles. The fraction of sp³-hybridized carbons (Fsp3) is 0.174. The van der Waals surface area contributed by atoms with Gasteiger partial charge in [-0.2, -0.15) is 5.10 Å². The van der Waals surface area contributed by atoms with Crippen LogP contribution in [0.1, 0.15) is 34.2 Å². The summed E-state index contributed by atoms with van der Waals surface area (Å²) in [5.41, 5.74) is 7.03. The Morgan fingerprint density at radius 3 is 2.78 bits per heavy atom. The molecular weight excluding hydrogens is 424 g/mol. The lowest BCUT2D eigenvalue weighted by molar-refractivity contribution is 0.0948. The fourth-order valence-electron chi connectivity index (χ4n) is 3.26. The second-order valence-corrected chi connectivity index (χ2v) is 7.90.